The van der Waals surface area contributed by atoms with Gasteiger partial charge in [-0.3, -0.25) is 4.79 Å². The predicted octanol–water partition coefficient (Wildman–Crippen LogP) is 1.09. The molecule has 2 unspecified atom stereocenters. The highest BCUT2D eigenvalue weighted by Crippen LogP contribution is 2.22. The van der Waals surface area contributed by atoms with Crippen molar-refractivity contribution in [2.45, 2.75) is 18.6 Å². The first-order chi connectivity index (χ1) is 7.95. The smallest absolute Gasteiger partial charge is 0.307 e. The Morgan fingerprint density at radius 1 is 1.41 bits per heavy atom. The summed E-state index contributed by atoms with van der Waals surface area (Å²) in [5.41, 5.74) is 0.187. The van der Waals surface area contributed by atoms with Crippen molar-refractivity contribution in [2.75, 3.05) is 5.88 Å². The summed E-state index contributed by atoms with van der Waals surface area (Å²) in [5.74, 6) is -2.02. The second kappa shape index (κ2) is 5.95. The van der Waals surface area contributed by atoms with Gasteiger partial charge < -0.3 is 15.3 Å². The summed E-state index contributed by atoms with van der Waals surface area (Å²) in [7, 11) is 0. The van der Waals surface area contributed by atoms with Crippen LogP contribution in [0.2, 0.25) is 0 Å². The average Bonchev–Trinajstić information content (AvgIpc) is 2.29. The van der Waals surface area contributed by atoms with Crippen molar-refractivity contribution in [3.05, 3.63) is 35.1 Å². The molecule has 1 aromatic carbocycles. The number of halogens is 2. The van der Waals surface area contributed by atoms with Crippen LogP contribution in [0.5, 0.6) is 0 Å². The summed E-state index contributed by atoms with van der Waals surface area (Å²) >= 11 is 5.35. The molecule has 0 amide bonds. The molecule has 3 N–H and O–H groups in total. The van der Waals surface area contributed by atoms with E-state index in [0.29, 0.717) is 5.56 Å². The van der Waals surface area contributed by atoms with Crippen LogP contribution in [0.1, 0.15) is 17.2 Å². The van der Waals surface area contributed by atoms with Crippen LogP contribution in [-0.4, -0.2) is 33.3 Å². The van der Waals surface area contributed by atoms with Gasteiger partial charge in [0, 0.05) is 5.56 Å². The monoisotopic (exact) mass is 262 g/mol. The molecule has 0 aromatic heterocycles. The highest BCUT2D eigenvalue weighted by molar-refractivity contribution is 6.18. The van der Waals surface area contributed by atoms with E-state index in [9.17, 15) is 19.4 Å². The van der Waals surface area contributed by atoms with Gasteiger partial charge in [0.25, 0.3) is 0 Å². The number of aliphatic hydroxyl groups excluding tert-OH is 2. The third-order valence-electron chi connectivity index (χ3n) is 2.26. The van der Waals surface area contributed by atoms with Gasteiger partial charge in [-0.15, -0.1) is 11.6 Å². The van der Waals surface area contributed by atoms with Crippen LogP contribution >= 0.6 is 11.6 Å². The Hall–Kier alpha value is -1.17. The molecule has 2 atom stereocenters. The van der Waals surface area contributed by atoms with Crippen LogP contribution in [0, 0.1) is 5.82 Å². The van der Waals surface area contributed by atoms with Crippen molar-refractivity contribution in [2.24, 2.45) is 0 Å². The average molecular weight is 263 g/mol. The van der Waals surface area contributed by atoms with Crippen molar-refractivity contribution in [3.8, 4) is 0 Å². The summed E-state index contributed by atoms with van der Waals surface area (Å²) < 4.78 is 13.4. The largest absolute Gasteiger partial charge is 0.481 e. The van der Waals surface area contributed by atoms with Gasteiger partial charge in [0.2, 0.25) is 0 Å². The number of carboxylic acid groups (broad SMARTS) is 1. The Kier molecular flexibility index (Phi) is 4.86. The van der Waals surface area contributed by atoms with E-state index in [4.69, 9.17) is 16.7 Å². The molecule has 0 saturated heterocycles. The number of carbonyl (C=O) groups is 1. The van der Waals surface area contributed by atoms with E-state index in [1.54, 1.807) is 0 Å². The normalized spacial score (nSPS) is 14.4. The fourth-order valence-electron chi connectivity index (χ4n) is 1.40. The van der Waals surface area contributed by atoms with Crippen molar-refractivity contribution >= 4 is 17.6 Å². The Bertz CT molecular complexity index is 410. The molecule has 0 saturated carbocycles. The maximum absolute atomic E-state index is 13.4. The third-order valence-corrected chi connectivity index (χ3v) is 2.57. The maximum Gasteiger partial charge on any atom is 0.307 e. The van der Waals surface area contributed by atoms with Gasteiger partial charge in [0.1, 0.15) is 11.9 Å². The number of alkyl halides is 1. The summed E-state index contributed by atoms with van der Waals surface area (Å²) in [4.78, 5) is 10.5. The molecule has 17 heavy (non-hydrogen) atoms. The SMILES string of the molecule is O=C(O)Cc1ccc(F)c(C(O)C(O)CCl)c1. The van der Waals surface area contributed by atoms with Crippen LogP contribution in [0.15, 0.2) is 18.2 Å². The molecule has 6 heteroatoms. The fraction of sp³-hybridized carbons (Fsp3) is 0.364. The zero-order valence-electron chi connectivity index (χ0n) is 8.81. The number of hydrogen-bond acceptors (Lipinski definition) is 3. The van der Waals surface area contributed by atoms with Gasteiger partial charge in [0.05, 0.1) is 18.4 Å². The molecule has 0 radical (unpaired) electrons. The van der Waals surface area contributed by atoms with Gasteiger partial charge >= 0.3 is 5.97 Å². The van der Waals surface area contributed by atoms with Crippen LogP contribution in [-0.2, 0) is 11.2 Å². The molecule has 1 aromatic rings. The lowest BCUT2D eigenvalue weighted by atomic mass is 10.0. The molecular formula is C11H12ClFO4. The minimum Gasteiger partial charge on any atom is -0.481 e. The van der Waals surface area contributed by atoms with E-state index in [2.05, 4.69) is 0 Å². The molecule has 0 bridgehead atoms. The quantitative estimate of drug-likeness (QED) is 0.694. The number of aliphatic carboxylic acids is 1. The Labute approximate surface area is 102 Å². The Morgan fingerprint density at radius 3 is 2.59 bits per heavy atom. The van der Waals surface area contributed by atoms with E-state index >= 15 is 0 Å². The van der Waals surface area contributed by atoms with Gasteiger partial charge in [-0.2, -0.15) is 0 Å². The zero-order chi connectivity index (χ0) is 13.0. The molecule has 0 aliphatic carbocycles. The lowest BCUT2D eigenvalue weighted by Crippen LogP contribution is -2.21. The van der Waals surface area contributed by atoms with Crippen LogP contribution in [0.3, 0.4) is 0 Å². The fourth-order valence-corrected chi connectivity index (χ4v) is 1.56. The number of carboxylic acids is 1. The minimum absolute atomic E-state index is 0.156. The number of aliphatic hydroxyl groups is 2. The first-order valence-corrected chi connectivity index (χ1v) is 5.41. The van der Waals surface area contributed by atoms with E-state index in [1.165, 1.54) is 12.1 Å². The van der Waals surface area contributed by atoms with Crippen LogP contribution in [0.25, 0.3) is 0 Å². The molecule has 4 nitrogen and oxygen atoms in total. The number of hydrogen-bond donors (Lipinski definition) is 3. The summed E-state index contributed by atoms with van der Waals surface area (Å²) in [6, 6.07) is 3.58. The van der Waals surface area contributed by atoms with Crippen molar-refractivity contribution in [1.29, 1.82) is 0 Å². The van der Waals surface area contributed by atoms with Crippen molar-refractivity contribution < 1.29 is 24.5 Å². The first-order valence-electron chi connectivity index (χ1n) is 4.88. The lowest BCUT2D eigenvalue weighted by molar-refractivity contribution is -0.136. The highest BCUT2D eigenvalue weighted by Gasteiger charge is 2.21. The molecule has 0 aliphatic rings. The standard InChI is InChI=1S/C11H12ClFO4/c12-5-9(14)11(17)7-3-6(4-10(15)16)1-2-8(7)13/h1-3,9,11,14,17H,4-5H2,(H,15,16). The first kappa shape index (κ1) is 13.9. The lowest BCUT2D eigenvalue weighted by Gasteiger charge is -2.17. The minimum atomic E-state index is -1.47. The van der Waals surface area contributed by atoms with E-state index in [1.807, 2.05) is 0 Å². The zero-order valence-corrected chi connectivity index (χ0v) is 9.56. The summed E-state index contributed by atoms with van der Waals surface area (Å²) in [6.45, 7) is 0. The molecular weight excluding hydrogens is 251 g/mol. The maximum atomic E-state index is 13.4. The molecule has 0 spiro atoms. The predicted molar refractivity (Wildman–Crippen MR) is 59.4 cm³/mol. The molecule has 1 rings (SSSR count). The molecule has 0 aliphatic heterocycles. The second-order valence-corrected chi connectivity index (χ2v) is 3.90. The van der Waals surface area contributed by atoms with Gasteiger partial charge in [0.15, 0.2) is 0 Å². The van der Waals surface area contributed by atoms with Gasteiger partial charge in [-0.1, -0.05) is 6.07 Å². The van der Waals surface area contributed by atoms with E-state index in [0.717, 1.165) is 6.07 Å². The van der Waals surface area contributed by atoms with E-state index in [-0.39, 0.29) is 17.9 Å². The molecule has 0 fully saturated rings. The van der Waals surface area contributed by atoms with Crippen molar-refractivity contribution in [3.63, 3.8) is 0 Å². The van der Waals surface area contributed by atoms with E-state index < -0.39 is 24.0 Å². The molecule has 0 heterocycles. The van der Waals surface area contributed by atoms with Gasteiger partial charge in [-0.05, 0) is 17.7 Å². The van der Waals surface area contributed by atoms with Crippen molar-refractivity contribution in [1.82, 2.24) is 0 Å². The third kappa shape index (κ3) is 3.66. The summed E-state index contributed by atoms with van der Waals surface area (Å²) in [5, 5.41) is 27.5. The number of rotatable bonds is 5. The number of benzene rings is 1. The topological polar surface area (TPSA) is 77.8 Å². The van der Waals surface area contributed by atoms with Gasteiger partial charge in [-0.25, -0.2) is 4.39 Å². The summed E-state index contributed by atoms with van der Waals surface area (Å²) in [6.07, 6.45) is -3.05. The Balaban J connectivity index is 3.01. The van der Waals surface area contributed by atoms with Crippen LogP contribution in [0.4, 0.5) is 4.39 Å². The second-order valence-electron chi connectivity index (χ2n) is 3.59. The highest BCUT2D eigenvalue weighted by atomic mass is 35.5. The Morgan fingerprint density at radius 2 is 2.06 bits per heavy atom. The molecule has 94 valence electrons. The van der Waals surface area contributed by atoms with Crippen LogP contribution < -0.4 is 0 Å².